The van der Waals surface area contributed by atoms with Gasteiger partial charge in [-0.3, -0.25) is 19.1 Å². The van der Waals surface area contributed by atoms with Gasteiger partial charge in [-0.1, -0.05) is 43.9 Å². The van der Waals surface area contributed by atoms with Crippen LogP contribution < -0.4 is 29.6 Å². The lowest BCUT2D eigenvalue weighted by atomic mass is 9.83. The Morgan fingerprint density at radius 1 is 1.03 bits per heavy atom. The van der Waals surface area contributed by atoms with Crippen molar-refractivity contribution in [2.45, 2.75) is 132 Å². The van der Waals surface area contributed by atoms with Crippen molar-refractivity contribution >= 4 is 50.8 Å². The van der Waals surface area contributed by atoms with Gasteiger partial charge >= 0.3 is 6.09 Å². The number of ether oxygens (including phenoxy) is 4. The van der Waals surface area contributed by atoms with Crippen LogP contribution in [0.1, 0.15) is 102 Å². The van der Waals surface area contributed by atoms with Crippen LogP contribution in [-0.2, 0) is 29.1 Å². The van der Waals surface area contributed by atoms with Crippen LogP contribution in [-0.4, -0.2) is 97.5 Å². The van der Waals surface area contributed by atoms with Gasteiger partial charge in [0, 0.05) is 35.4 Å². The highest BCUT2D eigenvalue weighted by molar-refractivity contribution is 7.91. The quantitative estimate of drug-likeness (QED) is 0.263. The van der Waals surface area contributed by atoms with Crippen molar-refractivity contribution in [1.82, 2.24) is 25.2 Å². The van der Waals surface area contributed by atoms with Gasteiger partial charge in [0.25, 0.3) is 5.91 Å². The third-order valence-corrected chi connectivity index (χ3v) is 15.1. The van der Waals surface area contributed by atoms with E-state index in [0.717, 1.165) is 44.1 Å². The third kappa shape index (κ3) is 8.66. The van der Waals surface area contributed by atoms with E-state index in [1.807, 2.05) is 25.1 Å². The summed E-state index contributed by atoms with van der Waals surface area (Å²) in [4.78, 5) is 63.5. The van der Waals surface area contributed by atoms with Gasteiger partial charge in [0.2, 0.25) is 27.7 Å². The molecule has 0 radical (unpaired) electrons. The number of fused-ring (bicyclic) bond motifs is 4. The summed E-state index contributed by atoms with van der Waals surface area (Å²) >= 11 is 0. The molecule has 4 aliphatic carbocycles. The van der Waals surface area contributed by atoms with Crippen LogP contribution in [0.5, 0.6) is 17.4 Å². The number of nitrogens with zero attached hydrogens (tertiary/aromatic N) is 2. The molecule has 16 heteroatoms. The summed E-state index contributed by atoms with van der Waals surface area (Å²) in [5.74, 6) is -1.18. The number of hydrogen-bond donors (Lipinski definition) is 3. The number of aromatic nitrogens is 1. The molecule has 6 aliphatic rings. The van der Waals surface area contributed by atoms with E-state index in [4.69, 9.17) is 23.9 Å². The van der Waals surface area contributed by atoms with Crippen molar-refractivity contribution in [1.29, 1.82) is 0 Å². The van der Waals surface area contributed by atoms with E-state index in [1.54, 1.807) is 13.2 Å². The normalized spacial score (nSPS) is 30.4. The molecule has 3 heterocycles. The largest absolute Gasteiger partial charge is 0.496 e. The van der Waals surface area contributed by atoms with Gasteiger partial charge in [-0.25, -0.2) is 18.2 Å². The van der Waals surface area contributed by atoms with Crippen LogP contribution in [0.3, 0.4) is 0 Å². The standard InChI is InChI=1S/C44H57N5O10S/c1-4-29-24-44(29,42(52)48-60(54,55)31-18-19-31)47-40(50)34-21-30-25-49(34)41(51)39(27-13-7-6-8-14-27)46-43(53)59-35-17-10-9-12-26(35)15-11-16-28-20-32-33(22-36(28)56-3)45-38(57-5-2)23-37(32)58-30/h4,11,16,20,22-23,26-27,29-31,34-35,39H,1,5-10,12-15,17-19,21,24-25H2,2-3H3,(H,46,53)(H,47,50)(H,48,52)/b16-11+/t26-,29+,30-,34+,35+,39+,44-/m1/s1. The molecule has 15 nitrogen and oxygen atoms in total. The Morgan fingerprint density at radius 3 is 2.50 bits per heavy atom. The molecule has 2 aliphatic heterocycles. The van der Waals surface area contributed by atoms with E-state index in [0.29, 0.717) is 73.4 Å². The van der Waals surface area contributed by atoms with Crippen LogP contribution in [0, 0.1) is 17.8 Å². The lowest BCUT2D eigenvalue weighted by Gasteiger charge is -2.36. The molecule has 1 saturated heterocycles. The third-order valence-electron chi connectivity index (χ3n) is 13.3. The number of sulfonamides is 1. The Morgan fingerprint density at radius 2 is 1.78 bits per heavy atom. The zero-order chi connectivity index (χ0) is 42.2. The molecule has 0 spiro atoms. The number of nitrogens with one attached hydrogen (secondary N) is 3. The van der Waals surface area contributed by atoms with Gasteiger partial charge < -0.3 is 34.5 Å². The molecule has 1 aromatic heterocycles. The first-order valence-electron chi connectivity index (χ1n) is 21.7. The summed E-state index contributed by atoms with van der Waals surface area (Å²) in [6.07, 6.45) is 13.4. The van der Waals surface area contributed by atoms with Crippen LogP contribution in [0.4, 0.5) is 4.79 Å². The Balaban J connectivity index is 1.18. The number of alkyl carbamates (subject to hydrolysis) is 1. The molecule has 7 atom stereocenters. The number of hydrogen-bond acceptors (Lipinski definition) is 11. The molecule has 4 amide bonds. The maximum atomic E-state index is 15.1. The predicted octanol–water partition coefficient (Wildman–Crippen LogP) is 5.31. The molecular formula is C44H57N5O10S. The maximum absolute atomic E-state index is 15.1. The number of methoxy groups -OCH3 is 1. The minimum atomic E-state index is -3.91. The number of allylic oxidation sites excluding steroid dienone is 1. The van der Waals surface area contributed by atoms with Crippen molar-refractivity contribution in [3.05, 3.63) is 42.5 Å². The average molecular weight is 848 g/mol. The Hall–Kier alpha value is -4.86. The summed E-state index contributed by atoms with van der Waals surface area (Å²) in [6.45, 7) is 6.02. The van der Waals surface area contributed by atoms with E-state index in [9.17, 15) is 22.8 Å². The summed E-state index contributed by atoms with van der Waals surface area (Å²) in [6, 6.07) is 3.36. The second-order valence-corrected chi connectivity index (χ2v) is 19.3. The molecule has 4 bridgehead atoms. The summed E-state index contributed by atoms with van der Waals surface area (Å²) in [5.41, 5.74) is -0.199. The highest BCUT2D eigenvalue weighted by Gasteiger charge is 2.62. The van der Waals surface area contributed by atoms with Crippen molar-refractivity contribution < 1.29 is 46.5 Å². The van der Waals surface area contributed by atoms with Crippen molar-refractivity contribution in [3.8, 4) is 17.4 Å². The van der Waals surface area contributed by atoms with E-state index in [-0.39, 0.29) is 37.3 Å². The lowest BCUT2D eigenvalue weighted by molar-refractivity contribution is -0.142. The van der Waals surface area contributed by atoms with Gasteiger partial charge in [-0.2, -0.15) is 0 Å². The van der Waals surface area contributed by atoms with Crippen molar-refractivity contribution in [2.75, 3.05) is 20.3 Å². The molecule has 3 N–H and O–H groups in total. The molecular weight excluding hydrogens is 791 g/mol. The summed E-state index contributed by atoms with van der Waals surface area (Å²) < 4.78 is 52.5. The number of carbonyl (C=O) groups is 4. The van der Waals surface area contributed by atoms with Gasteiger partial charge in [0.05, 0.1) is 31.0 Å². The van der Waals surface area contributed by atoms with Gasteiger partial charge in [-0.05, 0) is 82.6 Å². The Bertz CT molecular complexity index is 2150. The zero-order valence-electron chi connectivity index (χ0n) is 34.5. The first-order valence-corrected chi connectivity index (χ1v) is 23.2. The zero-order valence-corrected chi connectivity index (χ0v) is 35.3. The minimum Gasteiger partial charge on any atom is -0.496 e. The summed E-state index contributed by atoms with van der Waals surface area (Å²) in [7, 11) is -2.32. The smallest absolute Gasteiger partial charge is 0.408 e. The van der Waals surface area contributed by atoms with Gasteiger partial charge in [-0.15, -0.1) is 6.58 Å². The van der Waals surface area contributed by atoms with Crippen LogP contribution in [0.15, 0.2) is 36.9 Å². The first-order chi connectivity index (χ1) is 28.9. The fraction of sp³-hybridized carbons (Fsp3) is 0.614. The van der Waals surface area contributed by atoms with Gasteiger partial charge in [0.15, 0.2) is 0 Å². The summed E-state index contributed by atoms with van der Waals surface area (Å²) in [5, 5.41) is 5.89. The Labute approximate surface area is 351 Å². The number of rotatable bonds is 10. The molecule has 1 aromatic carbocycles. The second kappa shape index (κ2) is 17.3. The monoisotopic (exact) mass is 847 g/mol. The molecule has 0 unspecified atom stereocenters. The SMILES string of the molecule is C=C[C@H]1C[C@]1(NC(=O)[C@@H]1C[C@@H]2CN1C(=O)[C@H](C1CCCCC1)NC(=O)O[C@H]1CCCC[C@@H]1C/C=C/c1cc3c(cc(OCC)nc3cc1OC)O2)C(=O)NS(=O)(=O)C1CC1. The van der Waals surface area contributed by atoms with Crippen LogP contribution in [0.2, 0.25) is 0 Å². The van der Waals surface area contributed by atoms with Crippen LogP contribution >= 0.6 is 0 Å². The molecule has 8 rings (SSSR count). The average Bonchev–Trinajstić information content (AvgIpc) is 4.17. The number of amides is 4. The van der Waals surface area contributed by atoms with Crippen LogP contribution in [0.25, 0.3) is 17.0 Å². The molecule has 5 fully saturated rings. The fourth-order valence-corrected chi connectivity index (χ4v) is 11.1. The van der Waals surface area contributed by atoms with E-state index < -0.39 is 68.7 Å². The van der Waals surface area contributed by atoms with E-state index in [2.05, 4.69) is 28.0 Å². The fourth-order valence-electron chi connectivity index (χ4n) is 9.71. The van der Waals surface area contributed by atoms with Gasteiger partial charge in [0.1, 0.15) is 41.3 Å². The van der Waals surface area contributed by atoms with E-state index in [1.165, 1.54) is 11.0 Å². The first kappa shape index (κ1) is 41.9. The molecule has 60 heavy (non-hydrogen) atoms. The second-order valence-electron chi connectivity index (χ2n) is 17.3. The molecule has 2 aromatic rings. The van der Waals surface area contributed by atoms with Crippen molar-refractivity contribution in [3.63, 3.8) is 0 Å². The van der Waals surface area contributed by atoms with E-state index >= 15 is 4.79 Å². The predicted molar refractivity (Wildman–Crippen MR) is 223 cm³/mol. The minimum absolute atomic E-state index is 0.0155. The highest BCUT2D eigenvalue weighted by atomic mass is 32.2. The number of benzene rings is 1. The Kier molecular flexibility index (Phi) is 12.0. The molecule has 4 saturated carbocycles. The number of carbonyl (C=O) groups excluding carboxylic acids is 4. The topological polar surface area (TPSA) is 192 Å². The lowest BCUT2D eigenvalue weighted by Crippen LogP contribution is -2.59. The van der Waals surface area contributed by atoms with Crippen molar-refractivity contribution in [2.24, 2.45) is 17.8 Å². The maximum Gasteiger partial charge on any atom is 0.408 e. The molecule has 324 valence electrons. The highest BCUT2D eigenvalue weighted by Crippen LogP contribution is 2.46. The number of pyridine rings is 1.